The van der Waals surface area contributed by atoms with E-state index in [1.54, 1.807) is 0 Å². The summed E-state index contributed by atoms with van der Waals surface area (Å²) in [7, 11) is 0. The van der Waals surface area contributed by atoms with Crippen molar-refractivity contribution in [1.29, 1.82) is 0 Å². The first kappa shape index (κ1) is 9.58. The second-order valence-electron chi connectivity index (χ2n) is 4.74. The van der Waals surface area contributed by atoms with Crippen molar-refractivity contribution in [3.05, 3.63) is 26.3 Å². The molecule has 2 atom stereocenters. The van der Waals surface area contributed by atoms with E-state index in [1.807, 2.05) is 0 Å². The molecule has 0 aliphatic heterocycles. The molecule has 2 aliphatic carbocycles. The van der Waals surface area contributed by atoms with Crippen molar-refractivity contribution in [3.63, 3.8) is 0 Å². The zero-order chi connectivity index (χ0) is 10.6. The minimum Gasteiger partial charge on any atom is -0.309 e. The lowest BCUT2D eigenvalue weighted by molar-refractivity contribution is 0.802. The van der Waals surface area contributed by atoms with Crippen molar-refractivity contribution in [2.24, 2.45) is 5.92 Å². The van der Waals surface area contributed by atoms with Crippen LogP contribution in [0.5, 0.6) is 0 Å². The number of aromatic amines is 1. The quantitative estimate of drug-likeness (QED) is 0.896. The van der Waals surface area contributed by atoms with Gasteiger partial charge in [0.15, 0.2) is 0 Å². The fraction of sp³-hybridized carbons (Fsp3) is 0.636. The van der Waals surface area contributed by atoms with Crippen molar-refractivity contribution in [3.8, 4) is 0 Å². The highest BCUT2D eigenvalue weighted by atomic mass is 79.9. The van der Waals surface area contributed by atoms with Gasteiger partial charge in [0.25, 0.3) is 5.56 Å². The summed E-state index contributed by atoms with van der Waals surface area (Å²) in [4.78, 5) is 19.2. The van der Waals surface area contributed by atoms with Crippen LogP contribution >= 0.6 is 15.9 Å². The minimum atomic E-state index is -0.0130. The maximum atomic E-state index is 11.7. The van der Waals surface area contributed by atoms with Crippen LogP contribution in [-0.4, -0.2) is 9.97 Å². The smallest absolute Gasteiger partial charge is 0.265 e. The van der Waals surface area contributed by atoms with Crippen LogP contribution in [0.2, 0.25) is 0 Å². The summed E-state index contributed by atoms with van der Waals surface area (Å²) in [6, 6.07) is 0. The summed E-state index contributed by atoms with van der Waals surface area (Å²) in [6.45, 7) is 2.20. The van der Waals surface area contributed by atoms with Crippen LogP contribution in [0.1, 0.15) is 49.5 Å². The Bertz CT molecular complexity index is 464. The van der Waals surface area contributed by atoms with Gasteiger partial charge >= 0.3 is 0 Å². The summed E-state index contributed by atoms with van der Waals surface area (Å²) in [6.07, 6.45) is 3.51. The molecule has 0 radical (unpaired) electrons. The monoisotopic (exact) mass is 268 g/mol. The molecule has 3 rings (SSSR count). The third-order valence-electron chi connectivity index (χ3n) is 3.33. The second kappa shape index (κ2) is 3.17. The average Bonchev–Trinajstić information content (AvgIpc) is 3.04. The Labute approximate surface area is 96.4 Å². The largest absolute Gasteiger partial charge is 0.309 e. The third-order valence-corrected chi connectivity index (χ3v) is 4.10. The van der Waals surface area contributed by atoms with Gasteiger partial charge in [0.05, 0.1) is 5.69 Å². The van der Waals surface area contributed by atoms with Crippen molar-refractivity contribution >= 4 is 15.9 Å². The van der Waals surface area contributed by atoms with E-state index in [-0.39, 0.29) is 5.56 Å². The molecule has 2 aliphatic rings. The van der Waals surface area contributed by atoms with Crippen LogP contribution in [0.15, 0.2) is 9.27 Å². The highest BCUT2D eigenvalue weighted by Gasteiger charge is 2.38. The SMILES string of the molecule is CC1CC1c1nc(C2CC2)c(Br)c(=O)[nH]1. The lowest BCUT2D eigenvalue weighted by Gasteiger charge is -2.04. The Kier molecular flexibility index (Phi) is 2.03. The molecule has 0 bridgehead atoms. The Morgan fingerprint density at radius 2 is 2.13 bits per heavy atom. The number of hydrogen-bond acceptors (Lipinski definition) is 2. The molecular formula is C11H13BrN2O. The van der Waals surface area contributed by atoms with Gasteiger partial charge in [0, 0.05) is 11.8 Å². The minimum absolute atomic E-state index is 0.0130. The second-order valence-corrected chi connectivity index (χ2v) is 5.54. The molecule has 80 valence electrons. The van der Waals surface area contributed by atoms with E-state index in [4.69, 9.17) is 0 Å². The molecule has 0 spiro atoms. The molecule has 0 amide bonds. The first-order chi connectivity index (χ1) is 7.16. The Morgan fingerprint density at radius 1 is 1.47 bits per heavy atom. The standard InChI is InChI=1S/C11H13BrN2O/c1-5-4-7(5)10-13-9(6-2-3-6)8(12)11(15)14-10/h5-7H,2-4H2,1H3,(H,13,14,15). The summed E-state index contributed by atoms with van der Waals surface area (Å²) in [5, 5.41) is 0. The van der Waals surface area contributed by atoms with Crippen LogP contribution in [0.25, 0.3) is 0 Å². The number of halogens is 1. The lowest BCUT2D eigenvalue weighted by atomic mass is 10.2. The average molecular weight is 269 g/mol. The molecular weight excluding hydrogens is 256 g/mol. The highest BCUT2D eigenvalue weighted by Crippen LogP contribution is 2.47. The van der Waals surface area contributed by atoms with E-state index < -0.39 is 0 Å². The van der Waals surface area contributed by atoms with Crippen LogP contribution in [-0.2, 0) is 0 Å². The predicted molar refractivity (Wildman–Crippen MR) is 61.1 cm³/mol. The Hall–Kier alpha value is -0.640. The Morgan fingerprint density at radius 3 is 2.67 bits per heavy atom. The molecule has 4 heteroatoms. The van der Waals surface area contributed by atoms with Crippen LogP contribution in [0, 0.1) is 5.92 Å². The molecule has 15 heavy (non-hydrogen) atoms. The maximum Gasteiger partial charge on any atom is 0.265 e. The van der Waals surface area contributed by atoms with E-state index in [2.05, 4.69) is 32.8 Å². The predicted octanol–water partition coefficient (Wildman–Crippen LogP) is 2.53. The Balaban J connectivity index is 2.05. The van der Waals surface area contributed by atoms with Gasteiger partial charge in [-0.3, -0.25) is 4.79 Å². The molecule has 0 aromatic carbocycles. The number of nitrogens with zero attached hydrogens (tertiary/aromatic N) is 1. The fourth-order valence-electron chi connectivity index (χ4n) is 2.00. The van der Waals surface area contributed by atoms with E-state index in [0.29, 0.717) is 22.2 Å². The van der Waals surface area contributed by atoms with Crippen molar-refractivity contribution < 1.29 is 0 Å². The third kappa shape index (κ3) is 1.65. The van der Waals surface area contributed by atoms with Gasteiger partial charge < -0.3 is 4.98 Å². The molecule has 1 aromatic rings. The van der Waals surface area contributed by atoms with E-state index in [1.165, 1.54) is 12.8 Å². The number of aromatic nitrogens is 2. The van der Waals surface area contributed by atoms with Gasteiger partial charge in [-0.1, -0.05) is 6.92 Å². The number of nitrogens with one attached hydrogen (secondary N) is 1. The lowest BCUT2D eigenvalue weighted by Crippen LogP contribution is -2.15. The summed E-state index contributed by atoms with van der Waals surface area (Å²) in [5.41, 5.74) is 0.967. The van der Waals surface area contributed by atoms with Crippen molar-refractivity contribution in [1.82, 2.24) is 9.97 Å². The van der Waals surface area contributed by atoms with Gasteiger partial charge in [0.1, 0.15) is 10.3 Å². The highest BCUT2D eigenvalue weighted by molar-refractivity contribution is 9.10. The summed E-state index contributed by atoms with van der Waals surface area (Å²) < 4.78 is 0.641. The van der Waals surface area contributed by atoms with E-state index in [9.17, 15) is 4.79 Å². The van der Waals surface area contributed by atoms with Crippen molar-refractivity contribution in [2.75, 3.05) is 0 Å². The number of hydrogen-bond donors (Lipinski definition) is 1. The van der Waals surface area contributed by atoms with Crippen molar-refractivity contribution in [2.45, 2.75) is 38.0 Å². The number of rotatable bonds is 2. The van der Waals surface area contributed by atoms with Gasteiger partial charge in [-0.25, -0.2) is 4.98 Å². The first-order valence-electron chi connectivity index (χ1n) is 5.46. The fourth-order valence-corrected chi connectivity index (χ4v) is 2.51. The zero-order valence-electron chi connectivity index (χ0n) is 8.59. The molecule has 1 heterocycles. The summed E-state index contributed by atoms with van der Waals surface area (Å²) in [5.74, 6) is 2.59. The molecule has 2 saturated carbocycles. The molecule has 2 unspecified atom stereocenters. The normalized spacial score (nSPS) is 29.2. The first-order valence-corrected chi connectivity index (χ1v) is 6.25. The van der Waals surface area contributed by atoms with E-state index in [0.717, 1.165) is 17.9 Å². The zero-order valence-corrected chi connectivity index (χ0v) is 10.2. The van der Waals surface area contributed by atoms with Crippen LogP contribution in [0.3, 0.4) is 0 Å². The maximum absolute atomic E-state index is 11.7. The number of H-pyrrole nitrogens is 1. The van der Waals surface area contributed by atoms with E-state index >= 15 is 0 Å². The van der Waals surface area contributed by atoms with Gasteiger partial charge in [0.2, 0.25) is 0 Å². The molecule has 0 saturated heterocycles. The van der Waals surface area contributed by atoms with Gasteiger partial charge in [-0.2, -0.15) is 0 Å². The van der Waals surface area contributed by atoms with Crippen LogP contribution in [0.4, 0.5) is 0 Å². The van der Waals surface area contributed by atoms with Gasteiger partial charge in [-0.15, -0.1) is 0 Å². The van der Waals surface area contributed by atoms with Gasteiger partial charge in [-0.05, 0) is 41.1 Å². The molecule has 1 N–H and O–H groups in total. The van der Waals surface area contributed by atoms with Crippen LogP contribution < -0.4 is 5.56 Å². The summed E-state index contributed by atoms with van der Waals surface area (Å²) >= 11 is 3.33. The molecule has 1 aromatic heterocycles. The molecule has 3 nitrogen and oxygen atoms in total. The molecule has 2 fully saturated rings. The topological polar surface area (TPSA) is 45.8 Å².